The van der Waals surface area contributed by atoms with E-state index in [4.69, 9.17) is 4.98 Å². The Morgan fingerprint density at radius 1 is 0.553 bits per heavy atom. The van der Waals surface area contributed by atoms with Crippen molar-refractivity contribution in [2.75, 3.05) is 0 Å². The number of aromatic nitrogens is 1. The van der Waals surface area contributed by atoms with Crippen LogP contribution in [0.25, 0.3) is 31.9 Å². The molecular weight excluding hydrogens is 587 g/mol. The van der Waals surface area contributed by atoms with Crippen LogP contribution in [0, 0.1) is 0 Å². The molecule has 0 amide bonds. The van der Waals surface area contributed by atoms with Crippen molar-refractivity contribution < 1.29 is 0 Å². The van der Waals surface area contributed by atoms with Crippen molar-refractivity contribution in [3.05, 3.63) is 208 Å². The Morgan fingerprint density at radius 3 is 1.94 bits per heavy atom. The van der Waals surface area contributed by atoms with Crippen LogP contribution >= 0.6 is 11.3 Å². The van der Waals surface area contributed by atoms with E-state index in [1.165, 1.54) is 71.5 Å². The maximum atomic E-state index is 5.17. The quantitative estimate of drug-likeness (QED) is 0.179. The highest BCUT2D eigenvalue weighted by atomic mass is 32.1. The molecule has 2 spiro atoms. The molecule has 4 aliphatic rings. The molecule has 47 heavy (non-hydrogen) atoms. The van der Waals surface area contributed by atoms with Crippen molar-refractivity contribution in [3.63, 3.8) is 0 Å². The summed E-state index contributed by atoms with van der Waals surface area (Å²) in [5.74, 6) is 0.348. The van der Waals surface area contributed by atoms with Crippen LogP contribution in [0.2, 0.25) is 0 Å². The molecule has 0 saturated carbocycles. The predicted octanol–water partition coefficient (Wildman–Crippen LogP) is 11.0. The molecule has 1 heterocycles. The summed E-state index contributed by atoms with van der Waals surface area (Å²) in [4.78, 5) is 5.17. The zero-order valence-corrected chi connectivity index (χ0v) is 26.5. The fraction of sp³-hybridized carbons (Fsp3) is 0.0889. The molecule has 0 N–H and O–H groups in total. The molecule has 7 aromatic rings. The molecule has 2 atom stereocenters. The Balaban J connectivity index is 1.34. The van der Waals surface area contributed by atoms with Gasteiger partial charge < -0.3 is 0 Å². The summed E-state index contributed by atoms with van der Waals surface area (Å²) < 4.78 is 1.22. The highest BCUT2D eigenvalue weighted by Crippen LogP contribution is 2.68. The number of hydrogen-bond donors (Lipinski definition) is 0. The predicted molar refractivity (Wildman–Crippen MR) is 193 cm³/mol. The SMILES string of the molecule is C1=CCC2C(=C1)C1(c3ccccc32)c2ccccc2C2(c3ccccc3-c3ccccc32)c2ccc(-c3nc4ccccc4s3)cc21. The van der Waals surface area contributed by atoms with E-state index in [2.05, 4.69) is 158 Å². The third kappa shape index (κ3) is 3.03. The second-order valence-electron chi connectivity index (χ2n) is 13.3. The first-order valence-corrected chi connectivity index (χ1v) is 17.4. The van der Waals surface area contributed by atoms with Crippen molar-refractivity contribution in [2.45, 2.75) is 23.2 Å². The molecule has 6 aromatic carbocycles. The van der Waals surface area contributed by atoms with Gasteiger partial charge in [0.2, 0.25) is 0 Å². The number of para-hydroxylation sites is 1. The van der Waals surface area contributed by atoms with E-state index in [0.29, 0.717) is 5.92 Å². The Hall–Kier alpha value is -5.31. The number of benzene rings is 6. The first-order chi connectivity index (χ1) is 23.3. The van der Waals surface area contributed by atoms with Gasteiger partial charge >= 0.3 is 0 Å². The molecule has 0 radical (unpaired) electrons. The van der Waals surface area contributed by atoms with Gasteiger partial charge in [0.05, 0.1) is 21.0 Å². The fourth-order valence-corrected chi connectivity index (χ4v) is 10.7. The number of fused-ring (bicyclic) bond motifs is 17. The molecule has 0 fully saturated rings. The molecule has 2 heteroatoms. The Bertz CT molecular complexity index is 2450. The summed E-state index contributed by atoms with van der Waals surface area (Å²) in [5.41, 5.74) is 16.7. The summed E-state index contributed by atoms with van der Waals surface area (Å²) in [5, 5.41) is 1.07. The number of rotatable bonds is 1. The summed E-state index contributed by atoms with van der Waals surface area (Å²) in [6.07, 6.45) is 8.11. The van der Waals surface area contributed by atoms with Crippen molar-refractivity contribution in [1.29, 1.82) is 0 Å². The van der Waals surface area contributed by atoms with Gasteiger partial charge in [-0.1, -0.05) is 140 Å². The first kappa shape index (κ1) is 25.8. The van der Waals surface area contributed by atoms with Crippen LogP contribution in [0.5, 0.6) is 0 Å². The van der Waals surface area contributed by atoms with Crippen LogP contribution in [0.15, 0.2) is 163 Å². The van der Waals surface area contributed by atoms with Crippen molar-refractivity contribution in [3.8, 4) is 21.7 Å². The molecule has 4 aliphatic carbocycles. The van der Waals surface area contributed by atoms with Gasteiger partial charge in [-0.05, 0) is 85.8 Å². The molecule has 0 saturated heterocycles. The van der Waals surface area contributed by atoms with Gasteiger partial charge in [0, 0.05) is 11.5 Å². The van der Waals surface area contributed by atoms with Gasteiger partial charge in [-0.25, -0.2) is 4.98 Å². The molecule has 11 rings (SSSR count). The van der Waals surface area contributed by atoms with E-state index >= 15 is 0 Å². The lowest BCUT2D eigenvalue weighted by molar-refractivity contribution is 0.609. The zero-order chi connectivity index (χ0) is 30.7. The van der Waals surface area contributed by atoms with Gasteiger partial charge in [0.25, 0.3) is 0 Å². The summed E-state index contributed by atoms with van der Waals surface area (Å²) in [6.45, 7) is 0. The smallest absolute Gasteiger partial charge is 0.124 e. The average molecular weight is 616 g/mol. The van der Waals surface area contributed by atoms with E-state index in [9.17, 15) is 0 Å². The summed E-state index contributed by atoms with van der Waals surface area (Å²) in [6, 6.07) is 52.7. The third-order valence-electron chi connectivity index (χ3n) is 11.4. The Kier molecular flexibility index (Phi) is 5.03. The topological polar surface area (TPSA) is 12.9 Å². The molecule has 220 valence electrons. The standard InChI is InChI=1S/C45H29NS/c1-5-17-33-29(13-1)30-14-2-6-18-34(30)44(33)37-21-9-10-22-38(37)45(35-19-7-3-15-31(35)32-16-4-8-20-36(32)45)40-27-28(25-26-39(40)44)43-46-41-23-11-12-24-42(41)47-43/h1-15,17-27,32H,16H2. The molecule has 0 aliphatic heterocycles. The summed E-state index contributed by atoms with van der Waals surface area (Å²) >= 11 is 1.79. The van der Waals surface area contributed by atoms with E-state index in [-0.39, 0.29) is 0 Å². The van der Waals surface area contributed by atoms with E-state index < -0.39 is 10.8 Å². The van der Waals surface area contributed by atoms with E-state index in [1.807, 2.05) is 0 Å². The molecule has 0 bridgehead atoms. The highest BCUT2D eigenvalue weighted by molar-refractivity contribution is 7.21. The van der Waals surface area contributed by atoms with E-state index in [0.717, 1.165) is 16.9 Å². The first-order valence-electron chi connectivity index (χ1n) is 16.6. The van der Waals surface area contributed by atoms with Crippen LogP contribution in [-0.4, -0.2) is 4.98 Å². The van der Waals surface area contributed by atoms with Crippen molar-refractivity contribution in [2.24, 2.45) is 0 Å². The van der Waals surface area contributed by atoms with Gasteiger partial charge in [-0.3, -0.25) is 0 Å². The third-order valence-corrected chi connectivity index (χ3v) is 12.5. The maximum absolute atomic E-state index is 5.17. The van der Waals surface area contributed by atoms with Crippen LogP contribution in [0.4, 0.5) is 0 Å². The fourth-order valence-electron chi connectivity index (χ4n) is 9.76. The largest absolute Gasteiger partial charge is 0.236 e. The lowest BCUT2D eigenvalue weighted by atomic mass is 9.52. The van der Waals surface area contributed by atoms with Crippen LogP contribution in [-0.2, 0) is 10.8 Å². The minimum absolute atomic E-state index is 0.348. The second kappa shape index (κ2) is 9.15. The van der Waals surface area contributed by atoms with Crippen molar-refractivity contribution in [1.82, 2.24) is 4.98 Å². The highest BCUT2D eigenvalue weighted by Gasteiger charge is 2.60. The van der Waals surface area contributed by atoms with Gasteiger partial charge in [0.1, 0.15) is 5.01 Å². The average Bonchev–Trinajstić information content (AvgIpc) is 3.80. The van der Waals surface area contributed by atoms with Crippen LogP contribution in [0.3, 0.4) is 0 Å². The van der Waals surface area contributed by atoms with Crippen LogP contribution < -0.4 is 0 Å². The lowest BCUT2D eigenvalue weighted by Gasteiger charge is -2.49. The zero-order valence-electron chi connectivity index (χ0n) is 25.7. The number of hydrogen-bond acceptors (Lipinski definition) is 2. The molecular formula is C45H29NS. The second-order valence-corrected chi connectivity index (χ2v) is 14.3. The lowest BCUT2D eigenvalue weighted by Crippen LogP contribution is -2.44. The Labute approximate surface area is 278 Å². The molecule has 2 unspecified atom stereocenters. The normalized spacial score (nSPS) is 20.3. The summed E-state index contributed by atoms with van der Waals surface area (Å²) in [7, 11) is 0. The van der Waals surface area contributed by atoms with E-state index in [1.54, 1.807) is 11.3 Å². The Morgan fingerprint density at radius 2 is 1.17 bits per heavy atom. The van der Waals surface area contributed by atoms with Crippen LogP contribution in [0.1, 0.15) is 56.8 Å². The molecule has 1 nitrogen and oxygen atoms in total. The van der Waals surface area contributed by atoms with Crippen molar-refractivity contribution >= 4 is 21.6 Å². The minimum atomic E-state index is -0.436. The number of thiazole rings is 1. The number of nitrogens with zero attached hydrogens (tertiary/aromatic N) is 1. The molecule has 1 aromatic heterocycles. The minimum Gasteiger partial charge on any atom is -0.236 e. The number of allylic oxidation sites excluding steroid dienone is 4. The van der Waals surface area contributed by atoms with Gasteiger partial charge in [-0.15, -0.1) is 11.3 Å². The monoisotopic (exact) mass is 615 g/mol. The van der Waals surface area contributed by atoms with Gasteiger partial charge in [-0.2, -0.15) is 0 Å². The maximum Gasteiger partial charge on any atom is 0.124 e. The van der Waals surface area contributed by atoms with Gasteiger partial charge in [0.15, 0.2) is 0 Å².